The highest BCUT2D eigenvalue weighted by Crippen LogP contribution is 2.15. The molecule has 1 atom stereocenters. The summed E-state index contributed by atoms with van der Waals surface area (Å²) in [6.45, 7) is 6.55. The molecule has 0 amide bonds. The van der Waals surface area contributed by atoms with Gasteiger partial charge in [0.25, 0.3) is 0 Å². The van der Waals surface area contributed by atoms with E-state index in [2.05, 4.69) is 32.9 Å². The predicted octanol–water partition coefficient (Wildman–Crippen LogP) is 14.6. The lowest BCUT2D eigenvalue weighted by Crippen LogP contribution is -2.30. The summed E-state index contributed by atoms with van der Waals surface area (Å²) in [7, 11) is 0. The first kappa shape index (κ1) is 51.1. The van der Waals surface area contributed by atoms with Gasteiger partial charge in [-0.15, -0.1) is 0 Å². The van der Waals surface area contributed by atoms with E-state index in [1.54, 1.807) is 0 Å². The number of unbranched alkanes of at least 4 members (excludes halogenated alkanes) is 29. The van der Waals surface area contributed by atoms with Gasteiger partial charge in [0, 0.05) is 19.3 Å². The fourth-order valence-corrected chi connectivity index (χ4v) is 6.73. The highest BCUT2D eigenvalue weighted by Gasteiger charge is 2.19. The van der Waals surface area contributed by atoms with Crippen molar-refractivity contribution >= 4 is 17.9 Å². The molecule has 0 aliphatic heterocycles. The van der Waals surface area contributed by atoms with E-state index in [-0.39, 0.29) is 31.1 Å². The average Bonchev–Trinajstić information content (AvgIpc) is 3.15. The molecule has 0 N–H and O–H groups in total. The van der Waals surface area contributed by atoms with Crippen LogP contribution in [0.2, 0.25) is 0 Å². The Labute approximate surface area is 329 Å². The van der Waals surface area contributed by atoms with Crippen molar-refractivity contribution in [2.75, 3.05) is 13.2 Å². The maximum atomic E-state index is 12.6. The van der Waals surface area contributed by atoms with E-state index >= 15 is 0 Å². The fourth-order valence-electron chi connectivity index (χ4n) is 6.73. The van der Waals surface area contributed by atoms with Crippen LogP contribution < -0.4 is 0 Å². The molecule has 0 saturated heterocycles. The Morgan fingerprint density at radius 2 is 0.623 bits per heavy atom. The zero-order valence-electron chi connectivity index (χ0n) is 35.6. The predicted molar refractivity (Wildman–Crippen MR) is 224 cm³/mol. The van der Waals surface area contributed by atoms with Gasteiger partial charge >= 0.3 is 17.9 Å². The Balaban J connectivity index is 4.07. The van der Waals surface area contributed by atoms with Crippen molar-refractivity contribution in [1.82, 2.24) is 0 Å². The summed E-state index contributed by atoms with van der Waals surface area (Å²) < 4.78 is 16.6. The second-order valence-electron chi connectivity index (χ2n) is 15.7. The van der Waals surface area contributed by atoms with E-state index in [1.807, 2.05) is 0 Å². The van der Waals surface area contributed by atoms with Crippen molar-refractivity contribution < 1.29 is 28.6 Å². The van der Waals surface area contributed by atoms with E-state index < -0.39 is 6.10 Å². The van der Waals surface area contributed by atoms with E-state index in [0.29, 0.717) is 19.3 Å². The molecule has 6 heteroatoms. The molecule has 312 valence electrons. The van der Waals surface area contributed by atoms with Crippen molar-refractivity contribution in [3.63, 3.8) is 0 Å². The molecule has 0 fully saturated rings. The van der Waals surface area contributed by atoms with Gasteiger partial charge in [-0.2, -0.15) is 0 Å². The largest absolute Gasteiger partial charge is 0.462 e. The van der Waals surface area contributed by atoms with E-state index in [0.717, 1.165) is 57.8 Å². The van der Waals surface area contributed by atoms with Crippen LogP contribution in [0.15, 0.2) is 12.2 Å². The summed E-state index contributed by atoms with van der Waals surface area (Å²) in [6.07, 6.45) is 45.2. The summed E-state index contributed by atoms with van der Waals surface area (Å²) in [4.78, 5) is 37.4. The minimum absolute atomic E-state index is 0.0681. The van der Waals surface area contributed by atoms with Crippen LogP contribution in [0.5, 0.6) is 0 Å². The van der Waals surface area contributed by atoms with Crippen LogP contribution in [-0.4, -0.2) is 37.2 Å². The number of ether oxygens (including phenoxy) is 3. The fraction of sp³-hybridized carbons (Fsp3) is 0.894. The topological polar surface area (TPSA) is 78.9 Å². The third-order valence-electron chi connectivity index (χ3n) is 10.3. The number of hydrogen-bond donors (Lipinski definition) is 0. The molecule has 0 saturated carbocycles. The van der Waals surface area contributed by atoms with Gasteiger partial charge in [-0.3, -0.25) is 14.4 Å². The first-order valence-electron chi connectivity index (χ1n) is 23.2. The minimum Gasteiger partial charge on any atom is -0.462 e. The SMILES string of the molecule is CCCCCCCCCC/C=C\CCCCCCCCCCCC(=O)OCC(COC(=O)CCCCCCCC)OC(=O)CCCCCCCCCC. The monoisotopic (exact) mass is 749 g/mol. The molecule has 1 unspecified atom stereocenters. The molecule has 0 aromatic heterocycles. The number of rotatable bonds is 42. The number of carbonyl (C=O) groups excluding carboxylic acids is 3. The molecule has 0 aliphatic carbocycles. The molecule has 53 heavy (non-hydrogen) atoms. The van der Waals surface area contributed by atoms with Gasteiger partial charge in [0.1, 0.15) is 13.2 Å². The molecule has 0 aromatic carbocycles. The van der Waals surface area contributed by atoms with Crippen LogP contribution in [-0.2, 0) is 28.6 Å². The van der Waals surface area contributed by atoms with Gasteiger partial charge in [-0.1, -0.05) is 200 Å². The lowest BCUT2D eigenvalue weighted by Gasteiger charge is -2.18. The number of esters is 3. The zero-order valence-corrected chi connectivity index (χ0v) is 35.6. The molecule has 0 bridgehead atoms. The van der Waals surface area contributed by atoms with Gasteiger partial charge in [0.05, 0.1) is 0 Å². The van der Waals surface area contributed by atoms with Crippen LogP contribution in [0.25, 0.3) is 0 Å². The maximum absolute atomic E-state index is 12.6. The molecule has 0 rings (SSSR count). The quantitative estimate of drug-likeness (QED) is 0.0268. The number of allylic oxidation sites excluding steroid dienone is 2. The Kier molecular flexibility index (Phi) is 41.4. The molecule has 0 radical (unpaired) electrons. The van der Waals surface area contributed by atoms with Gasteiger partial charge in [0.2, 0.25) is 0 Å². The van der Waals surface area contributed by atoms with Crippen LogP contribution in [0.3, 0.4) is 0 Å². The Morgan fingerprint density at radius 1 is 0.358 bits per heavy atom. The Hall–Kier alpha value is -1.85. The number of carbonyl (C=O) groups is 3. The summed E-state index contributed by atoms with van der Waals surface area (Å²) >= 11 is 0. The van der Waals surface area contributed by atoms with Gasteiger partial charge < -0.3 is 14.2 Å². The molecule has 0 aliphatic rings. The Bertz CT molecular complexity index is 824. The van der Waals surface area contributed by atoms with Crippen molar-refractivity contribution in [2.45, 2.75) is 258 Å². The minimum atomic E-state index is -0.760. The van der Waals surface area contributed by atoms with Crippen LogP contribution in [0.4, 0.5) is 0 Å². The van der Waals surface area contributed by atoms with Gasteiger partial charge in [0.15, 0.2) is 6.10 Å². The summed E-state index contributed by atoms with van der Waals surface area (Å²) in [5.74, 6) is -0.878. The van der Waals surface area contributed by atoms with Gasteiger partial charge in [-0.25, -0.2) is 0 Å². The average molecular weight is 749 g/mol. The maximum Gasteiger partial charge on any atom is 0.306 e. The van der Waals surface area contributed by atoms with E-state index in [1.165, 1.54) is 154 Å². The molecule has 0 spiro atoms. The summed E-state index contributed by atoms with van der Waals surface area (Å²) in [5.41, 5.74) is 0. The van der Waals surface area contributed by atoms with Gasteiger partial charge in [-0.05, 0) is 44.9 Å². The molecule has 6 nitrogen and oxygen atoms in total. The normalized spacial score (nSPS) is 12.0. The zero-order chi connectivity index (χ0) is 38.7. The molecular weight excluding hydrogens is 661 g/mol. The van der Waals surface area contributed by atoms with Crippen molar-refractivity contribution in [2.24, 2.45) is 0 Å². The number of hydrogen-bond acceptors (Lipinski definition) is 6. The van der Waals surface area contributed by atoms with E-state index in [4.69, 9.17) is 14.2 Å². The van der Waals surface area contributed by atoms with E-state index in [9.17, 15) is 14.4 Å². The van der Waals surface area contributed by atoms with Crippen molar-refractivity contribution in [3.05, 3.63) is 12.2 Å². The smallest absolute Gasteiger partial charge is 0.306 e. The van der Waals surface area contributed by atoms with Crippen LogP contribution in [0.1, 0.15) is 252 Å². The standard InChI is InChI=1S/C47H88O6/c1-4-7-10-13-16-18-19-20-21-22-23-24-25-26-27-28-29-30-32-34-37-40-46(49)52-43-44(42-51-45(48)39-36-33-15-12-9-6-3)53-47(50)41-38-35-31-17-14-11-8-5-2/h22-23,44H,4-21,24-43H2,1-3H3/b23-22-. The Morgan fingerprint density at radius 3 is 0.943 bits per heavy atom. The first-order valence-corrected chi connectivity index (χ1v) is 23.2. The summed E-state index contributed by atoms with van der Waals surface area (Å²) in [5, 5.41) is 0. The third-order valence-corrected chi connectivity index (χ3v) is 10.3. The molecular formula is C47H88O6. The van der Waals surface area contributed by atoms with Crippen molar-refractivity contribution in [1.29, 1.82) is 0 Å². The molecule has 0 aromatic rings. The highest BCUT2D eigenvalue weighted by atomic mass is 16.6. The lowest BCUT2D eigenvalue weighted by atomic mass is 10.1. The second-order valence-corrected chi connectivity index (χ2v) is 15.7. The first-order chi connectivity index (χ1) is 26.0. The van der Waals surface area contributed by atoms with Crippen LogP contribution >= 0.6 is 0 Å². The van der Waals surface area contributed by atoms with Crippen LogP contribution in [0, 0.1) is 0 Å². The van der Waals surface area contributed by atoms with Crippen molar-refractivity contribution in [3.8, 4) is 0 Å². The highest BCUT2D eigenvalue weighted by molar-refractivity contribution is 5.71. The lowest BCUT2D eigenvalue weighted by molar-refractivity contribution is -0.167. The molecule has 0 heterocycles. The summed E-state index contributed by atoms with van der Waals surface area (Å²) in [6, 6.07) is 0. The second kappa shape index (κ2) is 42.9. The third kappa shape index (κ3) is 41.2.